The minimum absolute atomic E-state index is 0.606. The van der Waals surface area contributed by atoms with Gasteiger partial charge in [0.15, 0.2) is 0 Å². The maximum atomic E-state index is 6.05. The predicted molar refractivity (Wildman–Crippen MR) is 67.6 cm³/mol. The van der Waals surface area contributed by atoms with Gasteiger partial charge >= 0.3 is 0 Å². The largest absolute Gasteiger partial charge is 0.237 e. The fourth-order valence-electron chi connectivity index (χ4n) is 1.30. The van der Waals surface area contributed by atoms with Crippen LogP contribution in [0.25, 0.3) is 0 Å². The number of thioether (sulfide) groups is 1. The first kappa shape index (κ1) is 12.8. The zero-order valence-electron chi connectivity index (χ0n) is 9.51. The molecule has 0 amide bonds. The molecule has 0 aromatic carbocycles. The summed E-state index contributed by atoms with van der Waals surface area (Å²) in [5.41, 5.74) is 2.09. The van der Waals surface area contributed by atoms with Crippen molar-refractivity contribution in [3.8, 4) is 0 Å². The Balaban J connectivity index is 2.77. The molecular formula is C11H17ClN2S. The SMILES string of the molecule is CCCSCc1nc(Cl)c(C)c(CC)n1. The summed E-state index contributed by atoms with van der Waals surface area (Å²) in [4.78, 5) is 8.79. The van der Waals surface area contributed by atoms with E-state index in [1.807, 2.05) is 18.7 Å². The van der Waals surface area contributed by atoms with Gasteiger partial charge in [-0.1, -0.05) is 25.4 Å². The van der Waals surface area contributed by atoms with E-state index in [1.54, 1.807) is 0 Å². The summed E-state index contributed by atoms with van der Waals surface area (Å²) < 4.78 is 0. The standard InChI is InChI=1S/C11H17ClN2S/c1-4-6-15-7-10-13-9(5-2)8(3)11(12)14-10/h4-7H2,1-3H3. The van der Waals surface area contributed by atoms with Gasteiger partial charge < -0.3 is 0 Å². The smallest absolute Gasteiger partial charge is 0.140 e. The maximum absolute atomic E-state index is 6.05. The Kier molecular flexibility index (Phi) is 5.40. The van der Waals surface area contributed by atoms with Crippen LogP contribution in [-0.4, -0.2) is 15.7 Å². The van der Waals surface area contributed by atoms with Crippen LogP contribution in [0.2, 0.25) is 5.15 Å². The van der Waals surface area contributed by atoms with Gasteiger partial charge in [-0.3, -0.25) is 0 Å². The topological polar surface area (TPSA) is 25.8 Å². The predicted octanol–water partition coefficient (Wildman–Crippen LogP) is 3.64. The molecule has 1 heterocycles. The van der Waals surface area contributed by atoms with Crippen LogP contribution in [0.15, 0.2) is 0 Å². The highest BCUT2D eigenvalue weighted by atomic mass is 35.5. The van der Waals surface area contributed by atoms with Crippen molar-refractivity contribution in [2.75, 3.05) is 5.75 Å². The van der Waals surface area contributed by atoms with Crippen LogP contribution in [0.1, 0.15) is 37.4 Å². The third kappa shape index (κ3) is 3.65. The molecule has 15 heavy (non-hydrogen) atoms. The highest BCUT2D eigenvalue weighted by Crippen LogP contribution is 2.18. The van der Waals surface area contributed by atoms with Crippen molar-refractivity contribution in [1.82, 2.24) is 9.97 Å². The minimum Gasteiger partial charge on any atom is -0.237 e. The highest BCUT2D eigenvalue weighted by Gasteiger charge is 2.07. The molecule has 0 N–H and O–H groups in total. The second-order valence-corrected chi connectivity index (χ2v) is 4.87. The van der Waals surface area contributed by atoms with Crippen molar-refractivity contribution < 1.29 is 0 Å². The molecule has 84 valence electrons. The van der Waals surface area contributed by atoms with Gasteiger partial charge in [-0.15, -0.1) is 0 Å². The summed E-state index contributed by atoms with van der Waals surface area (Å²) in [5.74, 6) is 2.87. The first-order chi connectivity index (χ1) is 7.19. The van der Waals surface area contributed by atoms with E-state index in [4.69, 9.17) is 11.6 Å². The lowest BCUT2D eigenvalue weighted by atomic mass is 10.2. The van der Waals surface area contributed by atoms with Crippen LogP contribution >= 0.6 is 23.4 Å². The molecule has 1 rings (SSSR count). The van der Waals surface area contributed by atoms with Crippen LogP contribution in [0.3, 0.4) is 0 Å². The molecule has 1 aromatic heterocycles. The Morgan fingerprint density at radius 1 is 1.27 bits per heavy atom. The average Bonchev–Trinajstić information content (AvgIpc) is 2.23. The molecule has 0 saturated heterocycles. The molecule has 0 aliphatic carbocycles. The lowest BCUT2D eigenvalue weighted by Gasteiger charge is -2.07. The lowest BCUT2D eigenvalue weighted by Crippen LogP contribution is -2.02. The molecule has 0 aliphatic rings. The fraction of sp³-hybridized carbons (Fsp3) is 0.636. The zero-order chi connectivity index (χ0) is 11.3. The molecule has 2 nitrogen and oxygen atoms in total. The van der Waals surface area contributed by atoms with E-state index >= 15 is 0 Å². The van der Waals surface area contributed by atoms with Gasteiger partial charge in [0.1, 0.15) is 11.0 Å². The van der Waals surface area contributed by atoms with E-state index in [2.05, 4.69) is 23.8 Å². The molecule has 1 aromatic rings. The van der Waals surface area contributed by atoms with Gasteiger partial charge in [-0.05, 0) is 25.5 Å². The van der Waals surface area contributed by atoms with Crippen molar-refractivity contribution in [3.05, 3.63) is 22.2 Å². The number of hydrogen-bond donors (Lipinski definition) is 0. The van der Waals surface area contributed by atoms with E-state index in [9.17, 15) is 0 Å². The number of aryl methyl sites for hydroxylation is 1. The molecule has 4 heteroatoms. The van der Waals surface area contributed by atoms with Gasteiger partial charge in [0.25, 0.3) is 0 Å². The van der Waals surface area contributed by atoms with Gasteiger partial charge in [0.2, 0.25) is 0 Å². The molecule has 0 spiro atoms. The molecule has 0 unspecified atom stereocenters. The summed E-state index contributed by atoms with van der Waals surface area (Å²) in [7, 11) is 0. The monoisotopic (exact) mass is 244 g/mol. The Morgan fingerprint density at radius 3 is 2.60 bits per heavy atom. The van der Waals surface area contributed by atoms with E-state index in [0.717, 1.165) is 35.0 Å². The molecule has 0 bridgehead atoms. The van der Waals surface area contributed by atoms with Crippen LogP contribution < -0.4 is 0 Å². The van der Waals surface area contributed by atoms with E-state index in [0.29, 0.717) is 5.15 Å². The van der Waals surface area contributed by atoms with Crippen molar-refractivity contribution in [2.24, 2.45) is 0 Å². The Hall–Kier alpha value is -0.280. The molecule has 0 saturated carbocycles. The third-order valence-electron chi connectivity index (χ3n) is 2.15. The summed E-state index contributed by atoms with van der Waals surface area (Å²) >= 11 is 7.91. The average molecular weight is 245 g/mol. The molecule has 0 fully saturated rings. The van der Waals surface area contributed by atoms with Crippen molar-refractivity contribution in [2.45, 2.75) is 39.4 Å². The van der Waals surface area contributed by atoms with Crippen LogP contribution in [-0.2, 0) is 12.2 Å². The summed E-state index contributed by atoms with van der Waals surface area (Å²) in [6, 6.07) is 0. The van der Waals surface area contributed by atoms with E-state index in [-0.39, 0.29) is 0 Å². The van der Waals surface area contributed by atoms with E-state index in [1.165, 1.54) is 6.42 Å². The second kappa shape index (κ2) is 6.33. The first-order valence-electron chi connectivity index (χ1n) is 5.28. The highest BCUT2D eigenvalue weighted by molar-refractivity contribution is 7.98. The number of hydrogen-bond acceptors (Lipinski definition) is 3. The van der Waals surface area contributed by atoms with Gasteiger partial charge in [-0.2, -0.15) is 11.8 Å². The maximum Gasteiger partial charge on any atom is 0.140 e. The molecule has 0 atom stereocenters. The van der Waals surface area contributed by atoms with Crippen LogP contribution in [0.5, 0.6) is 0 Å². The van der Waals surface area contributed by atoms with Crippen LogP contribution in [0.4, 0.5) is 0 Å². The molecule has 0 radical (unpaired) electrons. The lowest BCUT2D eigenvalue weighted by molar-refractivity contribution is 0.917. The number of rotatable bonds is 5. The fourth-order valence-corrected chi connectivity index (χ4v) is 2.25. The number of nitrogens with zero attached hydrogens (tertiary/aromatic N) is 2. The summed E-state index contributed by atoms with van der Waals surface area (Å²) in [5, 5.41) is 0.606. The van der Waals surface area contributed by atoms with Crippen molar-refractivity contribution in [1.29, 1.82) is 0 Å². The number of aromatic nitrogens is 2. The molecule has 0 aliphatic heterocycles. The number of halogens is 1. The third-order valence-corrected chi connectivity index (χ3v) is 3.68. The van der Waals surface area contributed by atoms with Gasteiger partial charge in [0, 0.05) is 11.3 Å². The Labute approximate surface area is 101 Å². The minimum atomic E-state index is 0.606. The molecular weight excluding hydrogens is 228 g/mol. The van der Waals surface area contributed by atoms with Crippen LogP contribution in [0, 0.1) is 6.92 Å². The Bertz CT molecular complexity index is 329. The van der Waals surface area contributed by atoms with Crippen molar-refractivity contribution >= 4 is 23.4 Å². The summed E-state index contributed by atoms with van der Waals surface area (Å²) in [6.45, 7) is 6.24. The summed E-state index contributed by atoms with van der Waals surface area (Å²) in [6.07, 6.45) is 2.10. The Morgan fingerprint density at radius 2 is 2.00 bits per heavy atom. The normalized spacial score (nSPS) is 10.7. The first-order valence-corrected chi connectivity index (χ1v) is 6.81. The van der Waals surface area contributed by atoms with Crippen molar-refractivity contribution in [3.63, 3.8) is 0 Å². The van der Waals surface area contributed by atoms with Gasteiger partial charge in [0.05, 0.1) is 5.75 Å². The quantitative estimate of drug-likeness (QED) is 0.584. The second-order valence-electron chi connectivity index (χ2n) is 3.41. The van der Waals surface area contributed by atoms with Gasteiger partial charge in [-0.25, -0.2) is 9.97 Å². The zero-order valence-corrected chi connectivity index (χ0v) is 11.1. The van der Waals surface area contributed by atoms with E-state index < -0.39 is 0 Å².